The van der Waals surface area contributed by atoms with E-state index in [0.29, 0.717) is 0 Å². The van der Waals surface area contributed by atoms with Crippen LogP contribution in [0.15, 0.2) is 0 Å². The molecule has 0 amide bonds. The fourth-order valence-corrected chi connectivity index (χ4v) is 5.28. The van der Waals surface area contributed by atoms with Crippen molar-refractivity contribution in [3.63, 3.8) is 0 Å². The number of hydrogen-bond acceptors (Lipinski definition) is 4. The molecule has 0 atom stereocenters. The molecule has 4 nitrogen and oxygen atoms in total. The molecule has 0 fully saturated rings. The van der Waals surface area contributed by atoms with Crippen molar-refractivity contribution in [3.8, 4) is 0 Å². The van der Waals surface area contributed by atoms with Gasteiger partial charge < -0.3 is 19.8 Å². The van der Waals surface area contributed by atoms with Gasteiger partial charge in [0.2, 0.25) is 0 Å². The summed E-state index contributed by atoms with van der Waals surface area (Å²) in [5, 5.41) is 20.4. The number of rotatable bonds is 32. The van der Waals surface area contributed by atoms with Crippen molar-refractivity contribution in [2.45, 2.75) is 219 Å². The van der Waals surface area contributed by atoms with Crippen molar-refractivity contribution in [1.29, 1.82) is 0 Å². The van der Waals surface area contributed by atoms with Crippen LogP contribution in [0.5, 0.6) is 0 Å². The summed E-state index contributed by atoms with van der Waals surface area (Å²) in [5.74, 6) is -1.81. The van der Waals surface area contributed by atoms with Crippen LogP contribution in [0.25, 0.3) is 0 Å². The van der Waals surface area contributed by atoms with E-state index in [1.807, 2.05) is 0 Å². The minimum Gasteiger partial charge on any atom is -0.550 e. The molecule has 0 heterocycles. The Morgan fingerprint density at radius 2 is 0.476 bits per heavy atom. The molecule has 0 saturated carbocycles. The molecule has 0 aromatic carbocycles. The molecule has 0 aromatic heterocycles. The Kier molecular flexibility index (Phi) is 54.7. The van der Waals surface area contributed by atoms with Gasteiger partial charge in [-0.25, -0.2) is 0 Å². The van der Waals surface area contributed by atoms with Gasteiger partial charge >= 0.3 is 37.7 Å². The molecule has 242 valence electrons. The molecular weight excluding hydrogens is 602 g/mol. The maximum atomic E-state index is 10.2. The van der Waals surface area contributed by atoms with Crippen LogP contribution in [0.2, 0.25) is 0 Å². The number of aliphatic carboxylic acids is 2. The average Bonchev–Trinajstić information content (AvgIpc) is 2.93. The van der Waals surface area contributed by atoms with Gasteiger partial charge in [0, 0.05) is 31.4 Å². The summed E-state index contributed by atoms with van der Waals surface area (Å²) in [4.78, 5) is 20.4. The molecule has 0 bridgehead atoms. The molecule has 0 unspecified atom stereocenters. The number of unbranched alkanes of at least 4 members (excludes halogenated alkanes) is 28. The van der Waals surface area contributed by atoms with Crippen LogP contribution in [0.3, 0.4) is 0 Å². The minimum atomic E-state index is -0.903. The largest absolute Gasteiger partial charge is 2.00 e. The molecule has 0 saturated heterocycles. The Morgan fingerprint density at radius 1 is 0.333 bits per heavy atom. The van der Waals surface area contributed by atoms with Gasteiger partial charge in [-0.05, 0) is 25.7 Å². The van der Waals surface area contributed by atoms with Crippen molar-refractivity contribution in [2.75, 3.05) is 0 Å². The molecule has 6 heteroatoms. The smallest absolute Gasteiger partial charge is 0.550 e. The number of carboxylic acids is 2. The average molecular weight is 672 g/mol. The molecule has 0 N–H and O–H groups in total. The first-order valence-corrected chi connectivity index (χ1v) is 17.9. The first-order valence-electron chi connectivity index (χ1n) is 17.9. The monoisotopic (exact) mass is 670 g/mol. The summed E-state index contributed by atoms with van der Waals surface area (Å²) >= 11 is 0. The van der Waals surface area contributed by atoms with Gasteiger partial charge in [0.05, 0.1) is 0 Å². The molecule has 0 aliphatic heterocycles. The van der Waals surface area contributed by atoms with Crippen LogP contribution in [0, 0.1) is 0 Å². The third kappa shape index (κ3) is 53.4. The van der Waals surface area contributed by atoms with Crippen molar-refractivity contribution >= 4 is 49.7 Å². The van der Waals surface area contributed by atoms with Gasteiger partial charge in [-0.3, -0.25) is 0 Å². The zero-order valence-corrected chi connectivity index (χ0v) is 33.9. The quantitative estimate of drug-likeness (QED) is 0.0527. The van der Waals surface area contributed by atoms with Gasteiger partial charge in [0.15, 0.2) is 0 Å². The second-order valence-corrected chi connectivity index (χ2v) is 12.1. The fourth-order valence-electron chi connectivity index (χ4n) is 5.28. The van der Waals surface area contributed by atoms with E-state index in [9.17, 15) is 19.8 Å². The summed E-state index contributed by atoms with van der Waals surface area (Å²) in [5.41, 5.74) is 0. The molecular formula is C36H70CaO4Zn. The van der Waals surface area contributed by atoms with Crippen molar-refractivity contribution in [2.24, 2.45) is 0 Å². The Hall–Kier alpha value is 0.823. The van der Waals surface area contributed by atoms with E-state index < -0.39 is 11.9 Å². The van der Waals surface area contributed by atoms with Crippen molar-refractivity contribution in [1.82, 2.24) is 0 Å². The second-order valence-electron chi connectivity index (χ2n) is 12.1. The van der Waals surface area contributed by atoms with E-state index in [4.69, 9.17) is 0 Å². The number of carbonyl (C=O) groups is 2. The standard InChI is InChI=1S/2C18H36O2.Ca.Zn/c2*1-2-3-4-5-6-7-8-9-10-11-12-13-14-15-16-17-18(19)20;;/h2*2-17H2,1H3,(H,19,20);;/q;;+2;/p-2. The topological polar surface area (TPSA) is 80.3 Å². The minimum absolute atomic E-state index is 0. The number of carboxylic acid groups (broad SMARTS) is 2. The van der Waals surface area contributed by atoms with Gasteiger partial charge in [-0.2, -0.15) is 0 Å². The van der Waals surface area contributed by atoms with Crippen molar-refractivity contribution < 1.29 is 39.3 Å². The van der Waals surface area contributed by atoms with Crippen LogP contribution in [-0.4, -0.2) is 49.7 Å². The van der Waals surface area contributed by atoms with E-state index >= 15 is 0 Å². The molecule has 0 radical (unpaired) electrons. The predicted octanol–water partition coefficient (Wildman–Crippen LogP) is 9.61. The van der Waals surface area contributed by atoms with Gasteiger partial charge in [-0.1, -0.05) is 194 Å². The zero-order chi connectivity index (χ0) is 29.8. The summed E-state index contributed by atoms with van der Waals surface area (Å²) in [7, 11) is 0. The molecule has 42 heavy (non-hydrogen) atoms. The van der Waals surface area contributed by atoms with Crippen molar-refractivity contribution in [3.05, 3.63) is 0 Å². The van der Waals surface area contributed by atoms with Gasteiger partial charge in [-0.15, -0.1) is 0 Å². The van der Waals surface area contributed by atoms with Crippen LogP contribution in [0.1, 0.15) is 219 Å². The SMILES string of the molecule is CCCCCCCCCCCCCCCCCC(=O)[O-].CCCCCCCCCCCCCCCCCC(=O)[O-].[Ca+2].[Zn]. The van der Waals surface area contributed by atoms with Crippen LogP contribution >= 0.6 is 0 Å². The fraction of sp³-hybridized carbons (Fsp3) is 0.944. The zero-order valence-electron chi connectivity index (χ0n) is 28.7. The van der Waals surface area contributed by atoms with E-state index in [1.54, 1.807) is 0 Å². The van der Waals surface area contributed by atoms with Crippen LogP contribution < -0.4 is 10.2 Å². The van der Waals surface area contributed by atoms with E-state index in [-0.39, 0.29) is 70.1 Å². The normalized spacial score (nSPS) is 10.3. The summed E-state index contributed by atoms with van der Waals surface area (Å²) < 4.78 is 0. The Balaban J connectivity index is -0.000000328. The number of hydrogen-bond donors (Lipinski definition) is 0. The third-order valence-corrected chi connectivity index (χ3v) is 7.97. The Labute approximate surface area is 305 Å². The predicted molar refractivity (Wildman–Crippen MR) is 175 cm³/mol. The summed E-state index contributed by atoms with van der Waals surface area (Å²) in [6, 6.07) is 0. The Bertz CT molecular complexity index is 461. The van der Waals surface area contributed by atoms with E-state index in [0.717, 1.165) is 25.7 Å². The maximum Gasteiger partial charge on any atom is 2.00 e. The first-order chi connectivity index (χ1) is 19.5. The molecule has 0 aliphatic carbocycles. The summed E-state index contributed by atoms with van der Waals surface area (Å²) in [6.07, 6.45) is 39.7. The molecule has 0 aliphatic rings. The van der Waals surface area contributed by atoms with E-state index in [1.165, 1.54) is 167 Å². The molecule has 0 aromatic rings. The maximum absolute atomic E-state index is 10.2. The van der Waals surface area contributed by atoms with E-state index in [2.05, 4.69) is 13.8 Å². The van der Waals surface area contributed by atoms with Crippen LogP contribution in [-0.2, 0) is 29.1 Å². The third-order valence-electron chi connectivity index (χ3n) is 7.97. The Morgan fingerprint density at radius 3 is 0.619 bits per heavy atom. The second kappa shape index (κ2) is 46.2. The molecule has 0 spiro atoms. The van der Waals surface area contributed by atoms with Gasteiger partial charge in [0.25, 0.3) is 0 Å². The first kappa shape index (κ1) is 49.7. The molecule has 0 rings (SSSR count). The van der Waals surface area contributed by atoms with Crippen LogP contribution in [0.4, 0.5) is 0 Å². The van der Waals surface area contributed by atoms with Gasteiger partial charge in [0.1, 0.15) is 0 Å². The summed E-state index contributed by atoms with van der Waals surface area (Å²) in [6.45, 7) is 4.53. The number of carbonyl (C=O) groups excluding carboxylic acids is 2.